The number of ether oxygens (including phenoxy) is 1. The molecule has 0 fully saturated rings. The molecule has 6 heteroatoms. The predicted octanol–water partition coefficient (Wildman–Crippen LogP) is 3.64. The fourth-order valence-electron chi connectivity index (χ4n) is 2.93. The van der Waals surface area contributed by atoms with Crippen LogP contribution in [0.2, 0.25) is 0 Å². The zero-order valence-electron chi connectivity index (χ0n) is 16.0. The van der Waals surface area contributed by atoms with Crippen molar-refractivity contribution >= 4 is 22.6 Å². The van der Waals surface area contributed by atoms with E-state index in [2.05, 4.69) is 5.32 Å². The molecule has 28 heavy (non-hydrogen) atoms. The van der Waals surface area contributed by atoms with Crippen LogP contribution < -0.4 is 15.8 Å². The number of nitrogens with two attached hydrogens (primary N) is 1. The summed E-state index contributed by atoms with van der Waals surface area (Å²) < 4.78 is 11.3. The molecule has 146 valence electrons. The monoisotopic (exact) mass is 380 g/mol. The number of nitrogens with one attached hydrogen (secondary N) is 1. The number of hydrogen-bond donors (Lipinski definition) is 2. The van der Waals surface area contributed by atoms with Gasteiger partial charge in [0, 0.05) is 0 Å². The number of amides is 2. The van der Waals surface area contributed by atoms with Crippen LogP contribution in [0.15, 0.2) is 59.0 Å². The number of fused-ring (bicyclic) bond motifs is 1. The number of carbonyl (C=O) groups is 2. The Labute approximate surface area is 163 Å². The Morgan fingerprint density at radius 3 is 2.57 bits per heavy atom. The van der Waals surface area contributed by atoms with Gasteiger partial charge in [0.1, 0.15) is 24.2 Å². The molecule has 2 unspecified atom stereocenters. The Bertz CT molecular complexity index is 979. The minimum absolute atomic E-state index is 0.0629. The van der Waals surface area contributed by atoms with Crippen molar-refractivity contribution in [3.05, 3.63) is 66.1 Å². The van der Waals surface area contributed by atoms with Crippen LogP contribution in [-0.4, -0.2) is 17.9 Å². The van der Waals surface area contributed by atoms with E-state index in [1.165, 1.54) is 0 Å². The van der Waals surface area contributed by atoms with Crippen LogP contribution in [0, 0.1) is 5.92 Å². The second kappa shape index (κ2) is 8.61. The second-order valence-electron chi connectivity index (χ2n) is 6.80. The van der Waals surface area contributed by atoms with Gasteiger partial charge in [-0.05, 0) is 41.0 Å². The van der Waals surface area contributed by atoms with Gasteiger partial charge in [0.25, 0.3) is 5.91 Å². The number of hydrogen-bond acceptors (Lipinski definition) is 4. The standard InChI is InChI=1S/C22H24N2O4/c1-3-14(2)20(21(23)25)24-22(26)19-11-10-18(28-19)13-27-17-9-8-15-6-4-5-7-16(15)12-17/h4-12,14,20H,3,13H2,1-2H3,(H2,23,25)(H,24,26). The number of rotatable bonds is 8. The number of primary amides is 1. The van der Waals surface area contributed by atoms with E-state index >= 15 is 0 Å². The molecule has 2 atom stereocenters. The molecule has 1 aromatic heterocycles. The normalized spacial score (nSPS) is 13.1. The van der Waals surface area contributed by atoms with Gasteiger partial charge in [0.05, 0.1) is 0 Å². The van der Waals surface area contributed by atoms with Crippen LogP contribution in [0.25, 0.3) is 10.8 Å². The average Bonchev–Trinajstić information content (AvgIpc) is 3.18. The summed E-state index contributed by atoms with van der Waals surface area (Å²) in [5, 5.41) is 4.86. The maximum absolute atomic E-state index is 12.4. The lowest BCUT2D eigenvalue weighted by atomic mass is 9.98. The average molecular weight is 380 g/mol. The van der Waals surface area contributed by atoms with Crippen molar-refractivity contribution in [2.45, 2.75) is 32.9 Å². The molecule has 0 aliphatic carbocycles. The minimum atomic E-state index is -0.736. The second-order valence-corrected chi connectivity index (χ2v) is 6.80. The van der Waals surface area contributed by atoms with Crippen LogP contribution in [-0.2, 0) is 11.4 Å². The molecule has 2 aromatic carbocycles. The summed E-state index contributed by atoms with van der Waals surface area (Å²) in [5.74, 6) is 0.248. The molecular weight excluding hydrogens is 356 g/mol. The third-order valence-corrected chi connectivity index (χ3v) is 4.79. The Balaban J connectivity index is 1.62. The fourth-order valence-corrected chi connectivity index (χ4v) is 2.93. The molecule has 0 spiro atoms. The lowest BCUT2D eigenvalue weighted by Crippen LogP contribution is -2.48. The molecule has 0 radical (unpaired) electrons. The molecule has 3 aromatic rings. The molecule has 3 rings (SSSR count). The van der Waals surface area contributed by atoms with Gasteiger partial charge in [0.2, 0.25) is 5.91 Å². The Morgan fingerprint density at radius 1 is 1.11 bits per heavy atom. The quantitative estimate of drug-likeness (QED) is 0.624. The SMILES string of the molecule is CCC(C)C(NC(=O)c1ccc(COc2ccc3ccccc3c2)o1)C(N)=O. The van der Waals surface area contributed by atoms with E-state index in [1.807, 2.05) is 56.3 Å². The van der Waals surface area contributed by atoms with Crippen molar-refractivity contribution < 1.29 is 18.7 Å². The van der Waals surface area contributed by atoms with Crippen molar-refractivity contribution in [3.8, 4) is 5.75 Å². The Hall–Kier alpha value is -3.28. The zero-order chi connectivity index (χ0) is 20.1. The first-order valence-electron chi connectivity index (χ1n) is 9.28. The molecule has 3 N–H and O–H groups in total. The smallest absolute Gasteiger partial charge is 0.287 e. The molecule has 0 aliphatic rings. The van der Waals surface area contributed by atoms with Gasteiger partial charge in [-0.15, -0.1) is 0 Å². The van der Waals surface area contributed by atoms with E-state index in [0.29, 0.717) is 11.5 Å². The van der Waals surface area contributed by atoms with Crippen LogP contribution in [0.3, 0.4) is 0 Å². The largest absolute Gasteiger partial charge is 0.486 e. The summed E-state index contributed by atoms with van der Waals surface area (Å²) in [4.78, 5) is 23.9. The summed E-state index contributed by atoms with van der Waals surface area (Å²) in [5.41, 5.74) is 5.39. The van der Waals surface area contributed by atoms with Crippen LogP contribution in [0.5, 0.6) is 5.75 Å². The van der Waals surface area contributed by atoms with Crippen LogP contribution in [0.4, 0.5) is 0 Å². The van der Waals surface area contributed by atoms with Crippen molar-refractivity contribution in [2.75, 3.05) is 0 Å². The van der Waals surface area contributed by atoms with Gasteiger partial charge in [-0.25, -0.2) is 0 Å². The molecule has 2 amide bonds. The van der Waals surface area contributed by atoms with Gasteiger partial charge >= 0.3 is 0 Å². The number of carbonyl (C=O) groups excluding carboxylic acids is 2. The van der Waals surface area contributed by atoms with Crippen molar-refractivity contribution in [2.24, 2.45) is 11.7 Å². The molecule has 0 bridgehead atoms. The number of furan rings is 1. The fraction of sp³-hybridized carbons (Fsp3) is 0.273. The first-order chi connectivity index (χ1) is 13.5. The summed E-state index contributed by atoms with van der Waals surface area (Å²) >= 11 is 0. The highest BCUT2D eigenvalue weighted by atomic mass is 16.5. The summed E-state index contributed by atoms with van der Waals surface area (Å²) in [6, 6.07) is 16.4. The molecule has 0 saturated carbocycles. The zero-order valence-corrected chi connectivity index (χ0v) is 16.0. The van der Waals surface area contributed by atoms with E-state index < -0.39 is 17.9 Å². The van der Waals surface area contributed by atoms with Crippen LogP contribution >= 0.6 is 0 Å². The van der Waals surface area contributed by atoms with Crippen molar-refractivity contribution in [1.82, 2.24) is 5.32 Å². The van der Waals surface area contributed by atoms with Crippen molar-refractivity contribution in [3.63, 3.8) is 0 Å². The first-order valence-corrected chi connectivity index (χ1v) is 9.28. The maximum atomic E-state index is 12.4. The summed E-state index contributed by atoms with van der Waals surface area (Å²) in [6.07, 6.45) is 0.719. The number of benzene rings is 2. The van der Waals surface area contributed by atoms with Crippen molar-refractivity contribution in [1.29, 1.82) is 0 Å². The first kappa shape index (κ1) is 19.5. The third-order valence-electron chi connectivity index (χ3n) is 4.79. The van der Waals surface area contributed by atoms with E-state index in [1.54, 1.807) is 12.1 Å². The highest BCUT2D eigenvalue weighted by molar-refractivity contribution is 5.95. The molecule has 0 saturated heterocycles. The molecule has 1 heterocycles. The topological polar surface area (TPSA) is 94.6 Å². The van der Waals surface area contributed by atoms with Gasteiger partial charge in [-0.1, -0.05) is 50.6 Å². The minimum Gasteiger partial charge on any atom is -0.486 e. The van der Waals surface area contributed by atoms with E-state index in [0.717, 1.165) is 17.2 Å². The van der Waals surface area contributed by atoms with Gasteiger partial charge in [-0.3, -0.25) is 9.59 Å². The lowest BCUT2D eigenvalue weighted by Gasteiger charge is -2.20. The summed E-state index contributed by atoms with van der Waals surface area (Å²) in [7, 11) is 0. The summed E-state index contributed by atoms with van der Waals surface area (Å²) in [6.45, 7) is 3.98. The molecule has 6 nitrogen and oxygen atoms in total. The van der Waals surface area contributed by atoms with Gasteiger partial charge in [-0.2, -0.15) is 0 Å². The van der Waals surface area contributed by atoms with Gasteiger partial charge < -0.3 is 20.2 Å². The highest BCUT2D eigenvalue weighted by Gasteiger charge is 2.25. The van der Waals surface area contributed by atoms with E-state index in [9.17, 15) is 9.59 Å². The van der Waals surface area contributed by atoms with Crippen LogP contribution in [0.1, 0.15) is 36.6 Å². The van der Waals surface area contributed by atoms with E-state index in [4.69, 9.17) is 14.9 Å². The van der Waals surface area contributed by atoms with Gasteiger partial charge in [0.15, 0.2) is 5.76 Å². The lowest BCUT2D eigenvalue weighted by molar-refractivity contribution is -0.120. The highest BCUT2D eigenvalue weighted by Crippen LogP contribution is 2.22. The van der Waals surface area contributed by atoms with E-state index in [-0.39, 0.29) is 18.3 Å². The third kappa shape index (κ3) is 4.52. The maximum Gasteiger partial charge on any atom is 0.287 e. The predicted molar refractivity (Wildman–Crippen MR) is 107 cm³/mol. The molecular formula is C22H24N2O4. The Morgan fingerprint density at radius 2 is 1.86 bits per heavy atom. The Kier molecular flexibility index (Phi) is 5.99. The molecule has 0 aliphatic heterocycles.